The molecule has 6 rings (SSSR count). The Morgan fingerprint density at radius 1 is 1.13 bits per heavy atom. The lowest BCUT2D eigenvalue weighted by Gasteiger charge is -2.20. The van der Waals surface area contributed by atoms with Crippen molar-refractivity contribution >= 4 is 28.5 Å². The molecule has 1 aliphatic carbocycles. The van der Waals surface area contributed by atoms with Gasteiger partial charge in [0.1, 0.15) is 18.7 Å². The van der Waals surface area contributed by atoms with Gasteiger partial charge in [-0.15, -0.1) is 0 Å². The third kappa shape index (κ3) is 2.85. The van der Waals surface area contributed by atoms with Crippen LogP contribution in [0.2, 0.25) is 5.02 Å². The number of rotatable bonds is 4. The van der Waals surface area contributed by atoms with Crippen molar-refractivity contribution in [2.75, 3.05) is 18.0 Å². The summed E-state index contributed by atoms with van der Waals surface area (Å²) in [7, 11) is 0. The average Bonchev–Trinajstić information content (AvgIpc) is 3.10. The maximum Gasteiger partial charge on any atom is 0.263 e. The van der Waals surface area contributed by atoms with Gasteiger partial charge in [0.05, 0.1) is 5.39 Å². The van der Waals surface area contributed by atoms with Crippen molar-refractivity contribution in [3.8, 4) is 0 Å². The summed E-state index contributed by atoms with van der Waals surface area (Å²) < 4.78 is 6.88. The second-order valence-electron chi connectivity index (χ2n) is 7.69. The second-order valence-corrected chi connectivity index (χ2v) is 8.13. The molecule has 0 radical (unpaired) electrons. The number of anilines is 1. The van der Waals surface area contributed by atoms with Crippen LogP contribution in [0.5, 0.6) is 0 Å². The molecular weight excluding hydrogens is 406 g/mol. The molecule has 2 aliphatic rings. The van der Waals surface area contributed by atoms with Crippen molar-refractivity contribution < 1.29 is 4.52 Å². The maximum absolute atomic E-state index is 12.6. The maximum atomic E-state index is 12.6. The van der Waals surface area contributed by atoms with Crippen LogP contribution in [0.25, 0.3) is 11.0 Å². The summed E-state index contributed by atoms with van der Waals surface area (Å²) in [5.41, 5.74) is 0.246. The predicted octanol–water partition coefficient (Wildman–Crippen LogP) is 2.12. The first kappa shape index (κ1) is 17.5. The van der Waals surface area contributed by atoms with Gasteiger partial charge in [0, 0.05) is 36.4 Å². The molecule has 150 valence electrons. The molecule has 0 amide bonds. The van der Waals surface area contributed by atoms with Crippen molar-refractivity contribution in [2.24, 2.45) is 11.8 Å². The van der Waals surface area contributed by atoms with E-state index < -0.39 is 0 Å². The van der Waals surface area contributed by atoms with Crippen molar-refractivity contribution in [3.05, 3.63) is 70.1 Å². The Balaban J connectivity index is 1.16. The highest BCUT2D eigenvalue weighted by molar-refractivity contribution is 6.30. The molecule has 1 saturated heterocycles. The fourth-order valence-electron chi connectivity index (χ4n) is 4.39. The molecule has 1 saturated carbocycles. The van der Waals surface area contributed by atoms with Crippen LogP contribution in [0, 0.1) is 11.8 Å². The molecule has 4 aromatic heterocycles. The van der Waals surface area contributed by atoms with Gasteiger partial charge in [-0.25, -0.2) is 15.0 Å². The van der Waals surface area contributed by atoms with Gasteiger partial charge < -0.3 is 9.42 Å². The fraction of sp³-hybridized carbons (Fsp3) is 0.300. The van der Waals surface area contributed by atoms with Gasteiger partial charge in [-0.2, -0.15) is 4.98 Å². The molecule has 2 fully saturated rings. The Hall–Kier alpha value is -3.33. The number of piperidine rings is 1. The first-order chi connectivity index (χ1) is 14.7. The molecule has 0 N–H and O–H groups in total. The van der Waals surface area contributed by atoms with Crippen molar-refractivity contribution in [3.63, 3.8) is 0 Å². The monoisotopic (exact) mass is 421 g/mol. The Bertz CT molecular complexity index is 1310. The fourth-order valence-corrected chi connectivity index (χ4v) is 4.54. The first-order valence-electron chi connectivity index (χ1n) is 9.66. The standard InChI is InChI=1S/C20H16ClN7O2/c21-11-3-5-22-15(6-11)27-7-13-14(8-27)17(13)19-25-16(30-26-19)9-28-10-24-18-12(20(28)29)2-1-4-23-18/h1-6,10,13-14,17H,7-9H2/t13-,14+,17?. The Kier molecular flexibility index (Phi) is 3.85. The SMILES string of the molecule is O=c1c2cccnc2ncn1Cc1nc(C2[C@H]3CN(c4cc(Cl)ccn4)C[C@@H]23)no1. The topological polar surface area (TPSA) is 103 Å². The zero-order valence-corrected chi connectivity index (χ0v) is 16.5. The Labute approximate surface area is 175 Å². The van der Waals surface area contributed by atoms with E-state index in [0.29, 0.717) is 39.6 Å². The molecule has 30 heavy (non-hydrogen) atoms. The number of hydrogen-bond donors (Lipinski definition) is 0. The minimum atomic E-state index is -0.180. The predicted molar refractivity (Wildman–Crippen MR) is 108 cm³/mol. The second kappa shape index (κ2) is 6.60. The van der Waals surface area contributed by atoms with Gasteiger partial charge in [0.15, 0.2) is 11.5 Å². The van der Waals surface area contributed by atoms with E-state index in [0.717, 1.165) is 18.9 Å². The van der Waals surface area contributed by atoms with E-state index in [-0.39, 0.29) is 18.0 Å². The van der Waals surface area contributed by atoms with Gasteiger partial charge in [-0.05, 0) is 36.1 Å². The van der Waals surface area contributed by atoms with E-state index in [1.165, 1.54) is 10.9 Å². The molecule has 1 unspecified atom stereocenters. The quantitative estimate of drug-likeness (QED) is 0.493. The van der Waals surface area contributed by atoms with Gasteiger partial charge in [-0.1, -0.05) is 16.8 Å². The van der Waals surface area contributed by atoms with Gasteiger partial charge in [0.25, 0.3) is 5.56 Å². The zero-order chi connectivity index (χ0) is 20.2. The van der Waals surface area contributed by atoms with Crippen molar-refractivity contribution in [1.29, 1.82) is 0 Å². The van der Waals surface area contributed by atoms with Crippen LogP contribution in [0.15, 0.2) is 52.3 Å². The first-order valence-corrected chi connectivity index (χ1v) is 10.0. The Morgan fingerprint density at radius 2 is 2.00 bits per heavy atom. The number of fused-ring (bicyclic) bond motifs is 2. The van der Waals surface area contributed by atoms with Crippen LogP contribution in [0.3, 0.4) is 0 Å². The number of nitrogens with zero attached hydrogens (tertiary/aromatic N) is 7. The summed E-state index contributed by atoms with van der Waals surface area (Å²) in [5, 5.41) is 5.32. The van der Waals surface area contributed by atoms with Crippen molar-refractivity contribution in [2.45, 2.75) is 12.5 Å². The summed E-state index contributed by atoms with van der Waals surface area (Å²) in [6.45, 7) is 1.98. The summed E-state index contributed by atoms with van der Waals surface area (Å²) in [6, 6.07) is 7.09. The van der Waals surface area contributed by atoms with Crippen LogP contribution in [-0.2, 0) is 6.54 Å². The summed E-state index contributed by atoms with van der Waals surface area (Å²) in [6.07, 6.45) is 4.80. The normalized spacial score (nSPS) is 22.4. The van der Waals surface area contributed by atoms with E-state index in [1.54, 1.807) is 30.6 Å². The van der Waals surface area contributed by atoms with E-state index in [2.05, 4.69) is 30.0 Å². The number of aromatic nitrogens is 6. The van der Waals surface area contributed by atoms with E-state index >= 15 is 0 Å². The highest BCUT2D eigenvalue weighted by Crippen LogP contribution is 2.57. The van der Waals surface area contributed by atoms with Crippen LogP contribution >= 0.6 is 11.6 Å². The molecule has 9 nitrogen and oxygen atoms in total. The average molecular weight is 422 g/mol. The zero-order valence-electron chi connectivity index (χ0n) is 15.7. The van der Waals surface area contributed by atoms with Crippen LogP contribution in [0.1, 0.15) is 17.6 Å². The lowest BCUT2D eigenvalue weighted by atomic mass is 10.2. The molecular formula is C20H16ClN7O2. The van der Waals surface area contributed by atoms with Gasteiger partial charge in [0.2, 0.25) is 5.89 Å². The molecule has 0 spiro atoms. The van der Waals surface area contributed by atoms with E-state index in [4.69, 9.17) is 16.1 Å². The minimum Gasteiger partial charge on any atom is -0.356 e. The smallest absolute Gasteiger partial charge is 0.263 e. The Morgan fingerprint density at radius 3 is 2.83 bits per heavy atom. The summed E-state index contributed by atoms with van der Waals surface area (Å²) >= 11 is 6.08. The largest absolute Gasteiger partial charge is 0.356 e. The van der Waals surface area contributed by atoms with Crippen LogP contribution in [-0.4, -0.2) is 42.7 Å². The molecule has 0 aromatic carbocycles. The van der Waals surface area contributed by atoms with Crippen molar-refractivity contribution in [1.82, 2.24) is 29.7 Å². The molecule has 5 heterocycles. The molecule has 0 bridgehead atoms. The van der Waals surface area contributed by atoms with Gasteiger partial charge >= 0.3 is 0 Å². The lowest BCUT2D eigenvalue weighted by Crippen LogP contribution is -2.24. The number of pyridine rings is 2. The molecule has 3 atom stereocenters. The van der Waals surface area contributed by atoms with Crippen LogP contribution < -0.4 is 10.5 Å². The lowest BCUT2D eigenvalue weighted by molar-refractivity contribution is 0.363. The third-order valence-corrected chi connectivity index (χ3v) is 6.15. The summed E-state index contributed by atoms with van der Waals surface area (Å²) in [4.78, 5) is 32.1. The third-order valence-electron chi connectivity index (χ3n) is 5.91. The molecule has 1 aliphatic heterocycles. The van der Waals surface area contributed by atoms with Gasteiger partial charge in [-0.3, -0.25) is 9.36 Å². The summed E-state index contributed by atoms with van der Waals surface area (Å²) in [5.74, 6) is 3.26. The highest BCUT2D eigenvalue weighted by Gasteiger charge is 2.58. The van der Waals surface area contributed by atoms with Crippen LogP contribution in [0.4, 0.5) is 5.82 Å². The molecule has 4 aromatic rings. The number of hydrogen-bond acceptors (Lipinski definition) is 8. The van der Waals surface area contributed by atoms with E-state index in [1.807, 2.05) is 6.07 Å². The van der Waals surface area contributed by atoms with E-state index in [9.17, 15) is 4.79 Å². The minimum absolute atomic E-state index is 0.180. The number of halogens is 1. The highest BCUT2D eigenvalue weighted by atomic mass is 35.5. The molecule has 10 heteroatoms.